The summed E-state index contributed by atoms with van der Waals surface area (Å²) in [5, 5.41) is 12.3. The number of carbonyl (C=O) groups is 2. The number of para-hydroxylation sites is 1. The molecule has 0 bridgehead atoms. The van der Waals surface area contributed by atoms with Gasteiger partial charge in [0, 0.05) is 19.1 Å². The van der Waals surface area contributed by atoms with Crippen LogP contribution < -0.4 is 14.8 Å². The van der Waals surface area contributed by atoms with Crippen LogP contribution in [-0.2, 0) is 4.79 Å². The summed E-state index contributed by atoms with van der Waals surface area (Å²) < 4.78 is 10.9. The Labute approximate surface area is 163 Å². The Morgan fingerprint density at radius 2 is 1.68 bits per heavy atom. The topological polar surface area (TPSA) is 88.1 Å². The van der Waals surface area contributed by atoms with Crippen molar-refractivity contribution in [1.82, 2.24) is 10.2 Å². The smallest absolute Gasteiger partial charge is 0.415 e. The first kappa shape index (κ1) is 19.5. The first-order valence-corrected chi connectivity index (χ1v) is 9.29. The molecule has 7 heteroatoms. The summed E-state index contributed by atoms with van der Waals surface area (Å²) in [4.78, 5) is 26.2. The van der Waals surface area contributed by atoms with Crippen LogP contribution in [0.3, 0.4) is 0 Å². The van der Waals surface area contributed by atoms with Crippen molar-refractivity contribution < 1.29 is 24.2 Å². The van der Waals surface area contributed by atoms with E-state index in [0.717, 1.165) is 0 Å². The summed E-state index contributed by atoms with van der Waals surface area (Å²) in [6, 6.07) is 15.2. The molecular weight excluding hydrogens is 360 g/mol. The standard InChI is InChI=1S/C21H24N2O5/c1-15(27-19-9-7-17(24)8-10-19)20(25)22-16-11-13-23(14-12-16)21(26)28-18-5-3-2-4-6-18/h2-10,15-16,24H,11-14H2,1H3,(H,22,25). The van der Waals surface area contributed by atoms with Crippen LogP contribution in [0, 0.1) is 0 Å². The number of likely N-dealkylation sites (tertiary alicyclic amines) is 1. The minimum Gasteiger partial charge on any atom is -0.508 e. The van der Waals surface area contributed by atoms with Gasteiger partial charge in [0.05, 0.1) is 0 Å². The fraction of sp³-hybridized carbons (Fsp3) is 0.333. The number of hydrogen-bond donors (Lipinski definition) is 2. The van der Waals surface area contributed by atoms with Crippen LogP contribution >= 0.6 is 0 Å². The van der Waals surface area contributed by atoms with Crippen molar-refractivity contribution in [2.45, 2.75) is 31.9 Å². The minimum atomic E-state index is -0.661. The van der Waals surface area contributed by atoms with Gasteiger partial charge in [0.15, 0.2) is 6.10 Å². The molecule has 28 heavy (non-hydrogen) atoms. The van der Waals surface area contributed by atoms with Gasteiger partial charge in [-0.2, -0.15) is 0 Å². The lowest BCUT2D eigenvalue weighted by Gasteiger charge is -2.32. The molecule has 1 saturated heterocycles. The third-order valence-electron chi connectivity index (χ3n) is 4.57. The number of phenols is 1. The van der Waals surface area contributed by atoms with E-state index in [1.165, 1.54) is 12.1 Å². The van der Waals surface area contributed by atoms with Crippen molar-refractivity contribution in [3.63, 3.8) is 0 Å². The largest absolute Gasteiger partial charge is 0.508 e. The Kier molecular flexibility index (Phi) is 6.37. The fourth-order valence-electron chi connectivity index (χ4n) is 2.96. The highest BCUT2D eigenvalue weighted by atomic mass is 16.6. The Bertz CT molecular complexity index is 786. The molecule has 1 fully saturated rings. The maximum atomic E-state index is 12.3. The maximum absolute atomic E-state index is 12.3. The molecule has 1 aliphatic rings. The molecule has 1 heterocycles. The fourth-order valence-corrected chi connectivity index (χ4v) is 2.96. The monoisotopic (exact) mass is 384 g/mol. The summed E-state index contributed by atoms with van der Waals surface area (Å²) in [6.45, 7) is 2.71. The van der Waals surface area contributed by atoms with Crippen LogP contribution in [0.1, 0.15) is 19.8 Å². The molecule has 1 atom stereocenters. The summed E-state index contributed by atoms with van der Waals surface area (Å²) in [5.74, 6) is 0.961. The lowest BCUT2D eigenvalue weighted by Crippen LogP contribution is -2.49. The normalized spacial score (nSPS) is 15.5. The van der Waals surface area contributed by atoms with Crippen LogP contribution in [0.25, 0.3) is 0 Å². The number of piperidine rings is 1. The van der Waals surface area contributed by atoms with E-state index in [4.69, 9.17) is 9.47 Å². The number of rotatable bonds is 5. The van der Waals surface area contributed by atoms with E-state index in [9.17, 15) is 14.7 Å². The number of nitrogens with zero attached hydrogens (tertiary/aromatic N) is 1. The molecule has 0 saturated carbocycles. The number of benzene rings is 2. The molecule has 2 amide bonds. The molecule has 0 aliphatic carbocycles. The lowest BCUT2D eigenvalue weighted by atomic mass is 10.1. The first-order valence-electron chi connectivity index (χ1n) is 9.29. The van der Waals surface area contributed by atoms with E-state index in [2.05, 4.69) is 5.32 Å². The van der Waals surface area contributed by atoms with E-state index in [1.54, 1.807) is 36.1 Å². The van der Waals surface area contributed by atoms with Crippen molar-refractivity contribution >= 4 is 12.0 Å². The van der Waals surface area contributed by atoms with Gasteiger partial charge in [-0.1, -0.05) is 18.2 Å². The summed E-state index contributed by atoms with van der Waals surface area (Å²) in [7, 11) is 0. The van der Waals surface area contributed by atoms with Gasteiger partial charge < -0.3 is 24.8 Å². The highest BCUT2D eigenvalue weighted by molar-refractivity contribution is 5.81. The predicted molar refractivity (Wildman–Crippen MR) is 103 cm³/mol. The number of nitrogens with one attached hydrogen (secondary N) is 1. The Hall–Kier alpha value is -3.22. The molecule has 0 aromatic heterocycles. The Morgan fingerprint density at radius 1 is 1.04 bits per heavy atom. The van der Waals surface area contributed by atoms with Crippen molar-refractivity contribution in [2.75, 3.05) is 13.1 Å². The third kappa shape index (κ3) is 5.39. The molecule has 0 spiro atoms. The van der Waals surface area contributed by atoms with Gasteiger partial charge in [0.25, 0.3) is 5.91 Å². The van der Waals surface area contributed by atoms with Crippen molar-refractivity contribution in [2.24, 2.45) is 0 Å². The van der Waals surface area contributed by atoms with E-state index < -0.39 is 6.10 Å². The summed E-state index contributed by atoms with van der Waals surface area (Å²) in [6.07, 6.45) is 0.272. The van der Waals surface area contributed by atoms with Crippen LogP contribution in [-0.4, -0.2) is 47.2 Å². The second kappa shape index (κ2) is 9.12. The maximum Gasteiger partial charge on any atom is 0.415 e. The van der Waals surface area contributed by atoms with E-state index in [1.807, 2.05) is 18.2 Å². The van der Waals surface area contributed by atoms with Crippen LogP contribution in [0.4, 0.5) is 4.79 Å². The second-order valence-electron chi connectivity index (χ2n) is 6.70. The van der Waals surface area contributed by atoms with Gasteiger partial charge >= 0.3 is 6.09 Å². The Balaban J connectivity index is 1.42. The average Bonchev–Trinajstić information content (AvgIpc) is 2.71. The molecule has 1 aliphatic heterocycles. The molecule has 7 nitrogen and oxygen atoms in total. The van der Waals surface area contributed by atoms with Gasteiger partial charge in [-0.3, -0.25) is 4.79 Å². The molecule has 2 aromatic rings. The molecule has 148 valence electrons. The van der Waals surface area contributed by atoms with Gasteiger partial charge in [-0.15, -0.1) is 0 Å². The minimum absolute atomic E-state index is 0.0147. The van der Waals surface area contributed by atoms with Gasteiger partial charge in [0.2, 0.25) is 0 Å². The zero-order valence-corrected chi connectivity index (χ0v) is 15.7. The lowest BCUT2D eigenvalue weighted by molar-refractivity contribution is -0.128. The summed E-state index contributed by atoms with van der Waals surface area (Å²) >= 11 is 0. The van der Waals surface area contributed by atoms with Gasteiger partial charge in [0.1, 0.15) is 17.2 Å². The van der Waals surface area contributed by atoms with Crippen molar-refractivity contribution in [3.05, 3.63) is 54.6 Å². The van der Waals surface area contributed by atoms with Crippen molar-refractivity contribution in [3.8, 4) is 17.2 Å². The zero-order chi connectivity index (χ0) is 19.9. The zero-order valence-electron chi connectivity index (χ0n) is 15.7. The van der Waals surface area contributed by atoms with E-state index in [0.29, 0.717) is 37.4 Å². The SMILES string of the molecule is CC(Oc1ccc(O)cc1)C(=O)NC1CCN(C(=O)Oc2ccccc2)CC1. The first-order chi connectivity index (χ1) is 13.5. The van der Waals surface area contributed by atoms with Crippen LogP contribution in [0.2, 0.25) is 0 Å². The molecule has 0 radical (unpaired) electrons. The highest BCUT2D eigenvalue weighted by Crippen LogP contribution is 2.18. The van der Waals surface area contributed by atoms with Gasteiger partial charge in [-0.25, -0.2) is 4.79 Å². The number of aromatic hydroxyl groups is 1. The number of carbonyl (C=O) groups excluding carboxylic acids is 2. The van der Waals surface area contributed by atoms with Crippen LogP contribution in [0.5, 0.6) is 17.2 Å². The molecule has 3 rings (SSSR count). The molecule has 2 N–H and O–H groups in total. The van der Waals surface area contributed by atoms with Crippen molar-refractivity contribution in [1.29, 1.82) is 0 Å². The number of phenolic OH excluding ortho intramolecular Hbond substituents is 1. The molecule has 1 unspecified atom stereocenters. The van der Waals surface area contributed by atoms with Crippen LogP contribution in [0.15, 0.2) is 54.6 Å². The number of amides is 2. The number of hydrogen-bond acceptors (Lipinski definition) is 5. The summed E-state index contributed by atoms with van der Waals surface area (Å²) in [5.41, 5.74) is 0. The highest BCUT2D eigenvalue weighted by Gasteiger charge is 2.26. The second-order valence-corrected chi connectivity index (χ2v) is 6.70. The van der Waals surface area contributed by atoms with E-state index >= 15 is 0 Å². The average molecular weight is 384 g/mol. The quantitative estimate of drug-likeness (QED) is 0.828. The van der Waals surface area contributed by atoms with E-state index in [-0.39, 0.29) is 23.8 Å². The predicted octanol–water partition coefficient (Wildman–Crippen LogP) is 2.94. The Morgan fingerprint density at radius 3 is 2.32 bits per heavy atom. The molecule has 2 aromatic carbocycles. The molecular formula is C21H24N2O5. The third-order valence-corrected chi connectivity index (χ3v) is 4.57. The van der Waals surface area contributed by atoms with Gasteiger partial charge in [-0.05, 0) is 56.2 Å². The number of ether oxygens (including phenoxy) is 2.